The van der Waals surface area contributed by atoms with E-state index in [1.165, 1.54) is 0 Å². The first-order chi connectivity index (χ1) is 32.7. The Morgan fingerprint density at radius 1 is 0.478 bits per heavy atom. The maximum absolute atomic E-state index is 7.22. The third kappa shape index (κ3) is 6.41. The van der Waals surface area contributed by atoms with Gasteiger partial charge in [0, 0.05) is 70.5 Å². The smallest absolute Gasteiger partial charge is 0.226 e. The number of hydrogen-bond acceptors (Lipinski definition) is 12. The zero-order chi connectivity index (χ0) is 45.5. The number of hydrogen-bond donors (Lipinski definition) is 0. The van der Waals surface area contributed by atoms with Crippen LogP contribution in [0.3, 0.4) is 0 Å². The molecule has 6 aromatic rings. The number of rotatable bonds is 8. The van der Waals surface area contributed by atoms with Gasteiger partial charge in [-0.05, 0) is 79.2 Å². The average molecular weight is 902 g/mol. The van der Waals surface area contributed by atoms with Crippen LogP contribution in [0.25, 0.3) is 0 Å². The predicted molar refractivity (Wildman–Crippen MR) is 255 cm³/mol. The average Bonchev–Trinajstić information content (AvgIpc) is 3.88. The van der Waals surface area contributed by atoms with Crippen LogP contribution in [0.1, 0.15) is 46.7 Å². The van der Waals surface area contributed by atoms with Gasteiger partial charge in [-0.3, -0.25) is 0 Å². The van der Waals surface area contributed by atoms with Crippen LogP contribution >= 0.6 is 0 Å². The third-order valence-corrected chi connectivity index (χ3v) is 14.7. The van der Waals surface area contributed by atoms with Gasteiger partial charge in [-0.1, -0.05) is 61.5 Å². The molecule has 0 saturated carbocycles. The summed E-state index contributed by atoms with van der Waals surface area (Å²) in [7, 11) is 7.16. The summed E-state index contributed by atoms with van der Waals surface area (Å²) in [4.78, 5) is 6.94. The quantitative estimate of drug-likeness (QED) is 0.146. The molecule has 3 saturated heterocycles. The van der Waals surface area contributed by atoms with Crippen molar-refractivity contribution in [3.05, 3.63) is 161 Å². The molecule has 12 nitrogen and oxygen atoms in total. The fourth-order valence-electron chi connectivity index (χ4n) is 11.2. The molecule has 0 N–H and O–H groups in total. The van der Waals surface area contributed by atoms with Gasteiger partial charge in [0.25, 0.3) is 0 Å². The van der Waals surface area contributed by atoms with E-state index in [1.54, 1.807) is 21.3 Å². The van der Waals surface area contributed by atoms with Gasteiger partial charge >= 0.3 is 0 Å². The Bertz CT molecular complexity index is 2860. The fraction of sp³-hybridized carbons (Fsp3) is 0.345. The highest BCUT2D eigenvalue weighted by Crippen LogP contribution is 2.57. The van der Waals surface area contributed by atoms with Crippen LogP contribution in [0, 0.1) is 11.3 Å². The van der Waals surface area contributed by atoms with Gasteiger partial charge in [-0.25, -0.2) is 0 Å². The molecule has 6 aliphatic heterocycles. The highest BCUT2D eigenvalue weighted by atomic mass is 16.7. The van der Waals surface area contributed by atoms with Gasteiger partial charge in [0.05, 0.1) is 89.4 Å². The molecule has 0 bridgehead atoms. The summed E-state index contributed by atoms with van der Waals surface area (Å²) in [5, 5.41) is 0. The Balaban J connectivity index is 0.824. The van der Waals surface area contributed by atoms with Crippen molar-refractivity contribution in [1.82, 2.24) is 0 Å². The summed E-state index contributed by atoms with van der Waals surface area (Å²) in [5.41, 5.74) is 11.6. The molecule has 6 aliphatic rings. The molecule has 0 aliphatic carbocycles. The second-order valence-corrected chi connectivity index (χ2v) is 18.7. The predicted octanol–water partition coefficient (Wildman–Crippen LogP) is 9.85. The first-order valence-electron chi connectivity index (χ1n) is 23.2. The lowest BCUT2D eigenvalue weighted by Gasteiger charge is -2.51. The van der Waals surface area contributed by atoms with Crippen molar-refractivity contribution in [2.45, 2.75) is 30.7 Å². The van der Waals surface area contributed by atoms with E-state index in [0.29, 0.717) is 52.7 Å². The van der Waals surface area contributed by atoms with E-state index in [0.717, 1.165) is 91.2 Å². The molecule has 0 amide bonds. The van der Waals surface area contributed by atoms with Gasteiger partial charge in [0.2, 0.25) is 17.4 Å². The minimum atomic E-state index is -1.16. The van der Waals surface area contributed by atoms with Gasteiger partial charge in [-0.2, -0.15) is 0 Å². The molecule has 6 aromatic carbocycles. The summed E-state index contributed by atoms with van der Waals surface area (Å²) in [6.45, 7) is 6.50. The third-order valence-electron chi connectivity index (χ3n) is 14.7. The van der Waals surface area contributed by atoms with E-state index < -0.39 is 17.4 Å². The molecular weight excluding hydrogens is 847 g/mol. The molecule has 3 fully saturated rings. The number of benzene rings is 6. The standard InChI is InChI=1S/C55H55N3O9/c1-52(24-25-57-48-16-10-7-13-41(48)53(62-26-27-63-53)44-29-38(60-4)19-22-50(44)57)34-66-55(67-35-52)42-14-8-11-17-49(42)58(51-23-20-39(61-5)30-45(51)55)31-36-32-64-54(65-33-36)40-12-6-9-15-46(40)56(2)47-21-18-37(59-3)28-43(47)54/h6-23,28-30,36H,24-27,31-35H2,1-5H3. The van der Waals surface area contributed by atoms with Crippen molar-refractivity contribution in [3.63, 3.8) is 0 Å². The Kier molecular flexibility index (Phi) is 10.1. The Morgan fingerprint density at radius 3 is 1.43 bits per heavy atom. The molecule has 0 unspecified atom stereocenters. The molecule has 67 heavy (non-hydrogen) atoms. The second kappa shape index (κ2) is 16.0. The van der Waals surface area contributed by atoms with E-state index in [2.05, 4.69) is 114 Å². The summed E-state index contributed by atoms with van der Waals surface area (Å²) in [5.74, 6) is -0.970. The van der Waals surface area contributed by atoms with Crippen LogP contribution in [0.5, 0.6) is 17.2 Å². The number of ether oxygens (including phenoxy) is 9. The summed E-state index contributed by atoms with van der Waals surface area (Å²) in [6.07, 6.45) is 0.789. The molecule has 344 valence electrons. The minimum Gasteiger partial charge on any atom is -0.497 e. The van der Waals surface area contributed by atoms with E-state index in [1.807, 2.05) is 42.5 Å². The van der Waals surface area contributed by atoms with Gasteiger partial charge in [0.1, 0.15) is 17.2 Å². The molecule has 12 heteroatoms. The summed E-state index contributed by atoms with van der Waals surface area (Å²) >= 11 is 0. The summed E-state index contributed by atoms with van der Waals surface area (Å²) < 4.78 is 58.7. The highest BCUT2D eigenvalue weighted by Gasteiger charge is 2.54. The van der Waals surface area contributed by atoms with Crippen LogP contribution in [0.4, 0.5) is 34.1 Å². The number of anilines is 6. The molecule has 12 rings (SSSR count). The molecular formula is C55H55N3O9. The van der Waals surface area contributed by atoms with Crippen LogP contribution < -0.4 is 28.9 Å². The zero-order valence-electron chi connectivity index (χ0n) is 38.6. The normalized spacial score (nSPS) is 25.2. The van der Waals surface area contributed by atoms with Gasteiger partial charge in [0.15, 0.2) is 0 Å². The lowest BCUT2D eigenvalue weighted by Crippen LogP contribution is -2.52. The largest absolute Gasteiger partial charge is 0.497 e. The maximum Gasteiger partial charge on any atom is 0.226 e. The molecule has 6 heterocycles. The van der Waals surface area contributed by atoms with Crippen LogP contribution in [0.15, 0.2) is 127 Å². The SMILES string of the molecule is COc1ccc2c(c1)C1(OCC(CN3c4ccccc4C4(OCC(C)(CCN5c6ccccc6C6(OCCO6)c6cc(OC)ccc65)CO4)c4cc(OC)ccc43)CO1)c1ccccc1N2C. The maximum atomic E-state index is 7.22. The molecule has 0 aromatic heterocycles. The van der Waals surface area contributed by atoms with Crippen LogP contribution in [0.2, 0.25) is 0 Å². The first-order valence-corrected chi connectivity index (χ1v) is 23.2. The number of nitrogens with zero attached hydrogens (tertiary/aromatic N) is 3. The van der Waals surface area contributed by atoms with Crippen LogP contribution in [-0.2, 0) is 45.8 Å². The number of fused-ring (bicyclic) bond motifs is 12. The van der Waals surface area contributed by atoms with Crippen molar-refractivity contribution in [2.24, 2.45) is 11.3 Å². The summed E-state index contributed by atoms with van der Waals surface area (Å²) in [6, 6.07) is 43.6. The minimum absolute atomic E-state index is 0.0212. The molecule has 0 atom stereocenters. The Labute approximate surface area is 391 Å². The van der Waals surface area contributed by atoms with Crippen molar-refractivity contribution >= 4 is 34.1 Å². The van der Waals surface area contributed by atoms with Crippen molar-refractivity contribution in [1.29, 1.82) is 0 Å². The number of para-hydroxylation sites is 3. The number of methoxy groups -OCH3 is 3. The topological polar surface area (TPSA) is 92.8 Å². The monoisotopic (exact) mass is 901 g/mol. The van der Waals surface area contributed by atoms with E-state index >= 15 is 0 Å². The lowest BCUT2D eigenvalue weighted by atomic mass is 9.82. The highest BCUT2D eigenvalue weighted by molar-refractivity contribution is 5.80. The Morgan fingerprint density at radius 2 is 0.881 bits per heavy atom. The van der Waals surface area contributed by atoms with Crippen LogP contribution in [-0.4, -0.2) is 81.1 Å². The van der Waals surface area contributed by atoms with E-state index in [9.17, 15) is 0 Å². The van der Waals surface area contributed by atoms with Crippen molar-refractivity contribution < 1.29 is 42.6 Å². The molecule has 0 radical (unpaired) electrons. The zero-order valence-corrected chi connectivity index (χ0v) is 38.6. The lowest BCUT2D eigenvalue weighted by molar-refractivity contribution is -0.288. The van der Waals surface area contributed by atoms with Crippen molar-refractivity contribution in [2.75, 3.05) is 95.8 Å². The first kappa shape index (κ1) is 42.2. The van der Waals surface area contributed by atoms with E-state index in [-0.39, 0.29) is 11.3 Å². The van der Waals surface area contributed by atoms with Gasteiger partial charge < -0.3 is 57.3 Å². The second-order valence-electron chi connectivity index (χ2n) is 18.7. The fourth-order valence-corrected chi connectivity index (χ4v) is 11.2. The van der Waals surface area contributed by atoms with E-state index in [4.69, 9.17) is 42.6 Å². The van der Waals surface area contributed by atoms with Crippen molar-refractivity contribution in [3.8, 4) is 17.2 Å². The molecule has 3 spiro atoms. The van der Waals surface area contributed by atoms with Gasteiger partial charge in [-0.15, -0.1) is 0 Å². The Hall–Kier alpha value is -6.12.